The van der Waals surface area contributed by atoms with Crippen molar-refractivity contribution in [2.24, 2.45) is 5.73 Å². The largest absolute Gasteiger partial charge is 0.489 e. The number of nitrogens with zero attached hydrogens (tertiary/aromatic N) is 1. The molecule has 5 rings (SSSR count). The first-order valence-electron chi connectivity index (χ1n) is 11.3. The van der Waals surface area contributed by atoms with Gasteiger partial charge in [0.1, 0.15) is 19.0 Å². The molecule has 2 bridgehead atoms. The minimum absolute atomic E-state index is 0.0797. The highest BCUT2D eigenvalue weighted by molar-refractivity contribution is 5.77. The maximum Gasteiger partial charge on any atom is 0.248 e. The smallest absolute Gasteiger partial charge is 0.248 e. The second-order valence-electron chi connectivity index (χ2n) is 9.03. The van der Waals surface area contributed by atoms with Crippen LogP contribution in [0, 0.1) is 0 Å². The topological polar surface area (TPSA) is 74.0 Å². The Morgan fingerprint density at radius 3 is 2.29 bits per heavy atom. The molecule has 1 amide bonds. The summed E-state index contributed by atoms with van der Waals surface area (Å²) in [5, 5.41) is 0. The van der Waals surface area contributed by atoms with Gasteiger partial charge < -0.3 is 24.8 Å². The standard InChI is InChI=1S/C24H33FN2O4/c25-15-19(16-26)17-30-21-3-1-20(2-4-21)23-5-8-24(9-6-23,10-7-23)31-18-22(28)27-11-13-29-14-12-27/h1-4,15H,5-14,16-18,26H2/b19-15+. The van der Waals surface area contributed by atoms with Gasteiger partial charge in [0.15, 0.2) is 0 Å². The van der Waals surface area contributed by atoms with Crippen molar-refractivity contribution >= 4 is 5.91 Å². The fourth-order valence-corrected chi connectivity index (χ4v) is 5.14. The molecule has 0 radical (unpaired) electrons. The molecule has 4 aliphatic rings. The summed E-state index contributed by atoms with van der Waals surface area (Å²) in [5.41, 5.74) is 7.27. The van der Waals surface area contributed by atoms with E-state index in [1.165, 1.54) is 5.56 Å². The summed E-state index contributed by atoms with van der Waals surface area (Å²) in [6, 6.07) is 8.20. The number of hydrogen-bond acceptors (Lipinski definition) is 5. The second-order valence-corrected chi connectivity index (χ2v) is 9.03. The predicted molar refractivity (Wildman–Crippen MR) is 116 cm³/mol. The number of benzene rings is 1. The fraction of sp³-hybridized carbons (Fsp3) is 0.625. The molecule has 170 valence electrons. The molecule has 31 heavy (non-hydrogen) atoms. The Bertz CT molecular complexity index is 765. The van der Waals surface area contributed by atoms with E-state index in [0.29, 0.717) is 38.2 Å². The highest BCUT2D eigenvalue weighted by atomic mass is 19.1. The average Bonchev–Trinajstić information content (AvgIpc) is 2.85. The molecule has 0 spiro atoms. The lowest BCUT2D eigenvalue weighted by atomic mass is 9.56. The minimum Gasteiger partial charge on any atom is -0.489 e. The van der Waals surface area contributed by atoms with Crippen molar-refractivity contribution in [1.29, 1.82) is 0 Å². The molecule has 1 saturated heterocycles. The number of morpholine rings is 1. The van der Waals surface area contributed by atoms with Crippen molar-refractivity contribution < 1.29 is 23.4 Å². The van der Waals surface area contributed by atoms with Gasteiger partial charge in [0.2, 0.25) is 5.91 Å². The number of amides is 1. The number of carbonyl (C=O) groups is 1. The number of ether oxygens (including phenoxy) is 3. The number of hydrogen-bond donors (Lipinski definition) is 1. The van der Waals surface area contributed by atoms with Crippen LogP contribution in [0.5, 0.6) is 5.75 Å². The molecule has 1 aliphatic heterocycles. The van der Waals surface area contributed by atoms with E-state index in [1.807, 2.05) is 17.0 Å². The molecule has 7 heteroatoms. The van der Waals surface area contributed by atoms with Crippen molar-refractivity contribution in [2.45, 2.75) is 49.5 Å². The summed E-state index contributed by atoms with van der Waals surface area (Å²) in [5.74, 6) is 0.801. The first-order chi connectivity index (χ1) is 15.1. The number of nitrogens with two attached hydrogens (primary N) is 1. The lowest BCUT2D eigenvalue weighted by molar-refractivity contribution is -0.158. The lowest BCUT2D eigenvalue weighted by Gasteiger charge is -2.53. The number of halogens is 1. The van der Waals surface area contributed by atoms with Crippen molar-refractivity contribution in [3.8, 4) is 5.75 Å². The Balaban J connectivity index is 1.30. The van der Waals surface area contributed by atoms with E-state index < -0.39 is 0 Å². The summed E-state index contributed by atoms with van der Waals surface area (Å²) in [6.45, 7) is 3.05. The van der Waals surface area contributed by atoms with Crippen LogP contribution in [0.2, 0.25) is 0 Å². The van der Waals surface area contributed by atoms with Gasteiger partial charge in [-0.2, -0.15) is 0 Å². The zero-order valence-electron chi connectivity index (χ0n) is 18.1. The molecule has 3 aliphatic carbocycles. The maximum absolute atomic E-state index is 12.6. The molecule has 0 atom stereocenters. The zero-order valence-corrected chi connectivity index (χ0v) is 18.1. The second kappa shape index (κ2) is 9.67. The van der Waals surface area contributed by atoms with Crippen LogP contribution in [0.3, 0.4) is 0 Å². The third-order valence-corrected chi connectivity index (χ3v) is 7.35. The summed E-state index contributed by atoms with van der Waals surface area (Å²) in [6.07, 6.45) is 6.69. The summed E-state index contributed by atoms with van der Waals surface area (Å²) in [4.78, 5) is 14.3. The van der Waals surface area contributed by atoms with Crippen LogP contribution in [-0.4, -0.2) is 62.5 Å². The van der Waals surface area contributed by atoms with Crippen LogP contribution in [0.4, 0.5) is 4.39 Å². The Kier molecular flexibility index (Phi) is 6.94. The summed E-state index contributed by atoms with van der Waals surface area (Å²) >= 11 is 0. The first kappa shape index (κ1) is 22.2. The van der Waals surface area contributed by atoms with E-state index >= 15 is 0 Å². The van der Waals surface area contributed by atoms with Crippen LogP contribution in [0.15, 0.2) is 36.2 Å². The molecule has 1 aromatic rings. The van der Waals surface area contributed by atoms with Gasteiger partial charge in [-0.1, -0.05) is 12.1 Å². The predicted octanol–water partition coefficient (Wildman–Crippen LogP) is 3.10. The van der Waals surface area contributed by atoms with Gasteiger partial charge in [-0.15, -0.1) is 0 Å². The van der Waals surface area contributed by atoms with Gasteiger partial charge in [0.05, 0.1) is 25.1 Å². The van der Waals surface area contributed by atoms with E-state index in [4.69, 9.17) is 19.9 Å². The number of rotatable bonds is 8. The van der Waals surface area contributed by atoms with Crippen LogP contribution in [0.25, 0.3) is 0 Å². The van der Waals surface area contributed by atoms with Crippen molar-refractivity contribution in [3.05, 3.63) is 41.7 Å². The fourth-order valence-electron chi connectivity index (χ4n) is 5.14. The molecule has 1 heterocycles. The van der Waals surface area contributed by atoms with Crippen LogP contribution in [-0.2, 0) is 19.7 Å². The quantitative estimate of drug-likeness (QED) is 0.683. The molecule has 2 N–H and O–H groups in total. The van der Waals surface area contributed by atoms with Crippen LogP contribution < -0.4 is 10.5 Å². The average molecular weight is 433 g/mol. The summed E-state index contributed by atoms with van der Waals surface area (Å²) in [7, 11) is 0. The highest BCUT2D eigenvalue weighted by Crippen LogP contribution is 2.55. The van der Waals surface area contributed by atoms with E-state index in [2.05, 4.69) is 12.1 Å². The molecule has 0 unspecified atom stereocenters. The number of fused-ring (bicyclic) bond motifs is 3. The lowest BCUT2D eigenvalue weighted by Crippen LogP contribution is -2.51. The van der Waals surface area contributed by atoms with Gasteiger partial charge >= 0.3 is 0 Å². The van der Waals surface area contributed by atoms with Crippen molar-refractivity contribution in [2.75, 3.05) is 46.1 Å². The maximum atomic E-state index is 12.6. The van der Waals surface area contributed by atoms with E-state index in [1.54, 1.807) is 0 Å². The van der Waals surface area contributed by atoms with Gasteiger partial charge in [0, 0.05) is 25.2 Å². The van der Waals surface area contributed by atoms with Gasteiger partial charge in [0.25, 0.3) is 0 Å². The molecule has 0 aromatic heterocycles. The molecule has 4 fully saturated rings. The Labute approximate surface area is 183 Å². The molecule has 3 saturated carbocycles. The Morgan fingerprint density at radius 1 is 1.06 bits per heavy atom. The molecule has 6 nitrogen and oxygen atoms in total. The number of carbonyl (C=O) groups excluding carboxylic acids is 1. The highest BCUT2D eigenvalue weighted by Gasteiger charge is 2.50. The zero-order chi connectivity index (χ0) is 21.7. The third-order valence-electron chi connectivity index (χ3n) is 7.35. The van der Waals surface area contributed by atoms with Gasteiger partial charge in [-0.3, -0.25) is 4.79 Å². The third kappa shape index (κ3) is 4.94. The van der Waals surface area contributed by atoms with E-state index in [9.17, 15) is 9.18 Å². The molecule has 1 aromatic carbocycles. The van der Waals surface area contributed by atoms with Crippen molar-refractivity contribution in [1.82, 2.24) is 4.90 Å². The summed E-state index contributed by atoms with van der Waals surface area (Å²) < 4.78 is 29.8. The van der Waals surface area contributed by atoms with E-state index in [0.717, 1.165) is 44.3 Å². The van der Waals surface area contributed by atoms with Crippen LogP contribution >= 0.6 is 0 Å². The van der Waals surface area contributed by atoms with Crippen molar-refractivity contribution in [3.63, 3.8) is 0 Å². The van der Waals surface area contributed by atoms with Gasteiger partial charge in [-0.25, -0.2) is 4.39 Å². The first-order valence-corrected chi connectivity index (χ1v) is 11.3. The molecular weight excluding hydrogens is 399 g/mol. The Morgan fingerprint density at radius 2 is 1.71 bits per heavy atom. The SMILES string of the molecule is NC/C(=C\F)COc1ccc(C23CCC(OCC(=O)N4CCOCC4)(CC2)CC3)cc1. The monoisotopic (exact) mass is 432 g/mol. The van der Waals surface area contributed by atoms with E-state index in [-0.39, 0.29) is 36.7 Å². The molecular formula is C24H33FN2O4. The normalized spacial score (nSPS) is 28.6. The Hall–Kier alpha value is -1.96. The minimum atomic E-state index is -0.149. The van der Waals surface area contributed by atoms with Crippen LogP contribution in [0.1, 0.15) is 44.1 Å². The van der Waals surface area contributed by atoms with Gasteiger partial charge in [-0.05, 0) is 61.6 Å².